The van der Waals surface area contributed by atoms with Gasteiger partial charge in [-0.2, -0.15) is 0 Å². The number of ether oxygens (including phenoxy) is 1. The highest BCUT2D eigenvalue weighted by Gasteiger charge is 2.18. The van der Waals surface area contributed by atoms with E-state index in [1.807, 2.05) is 36.4 Å². The van der Waals surface area contributed by atoms with Crippen molar-refractivity contribution in [1.82, 2.24) is 10.2 Å². The summed E-state index contributed by atoms with van der Waals surface area (Å²) in [4.78, 5) is 14.4. The van der Waals surface area contributed by atoms with Crippen molar-refractivity contribution in [2.45, 2.75) is 26.2 Å². The predicted octanol–water partition coefficient (Wildman–Crippen LogP) is 2.90. The molecular weight excluding hydrogens is 316 g/mol. The largest absolute Gasteiger partial charge is 0.497 e. The second kappa shape index (κ2) is 7.96. The fraction of sp³-hybridized carbons (Fsp3) is 0.421. The maximum Gasteiger partial charge on any atom is 0.229 e. The molecular formula is C19H24N4O2. The molecule has 1 N–H and O–H groups in total. The molecule has 0 saturated carbocycles. The van der Waals surface area contributed by atoms with Crippen LogP contribution in [0.2, 0.25) is 0 Å². The lowest BCUT2D eigenvalue weighted by Gasteiger charge is -2.31. The average Bonchev–Trinajstić information content (AvgIpc) is 2.63. The minimum Gasteiger partial charge on any atom is -0.497 e. The van der Waals surface area contributed by atoms with Crippen LogP contribution in [0.15, 0.2) is 36.4 Å². The molecule has 1 aromatic heterocycles. The van der Waals surface area contributed by atoms with E-state index in [0.29, 0.717) is 11.7 Å². The van der Waals surface area contributed by atoms with Crippen LogP contribution in [0, 0.1) is 5.92 Å². The zero-order chi connectivity index (χ0) is 17.6. The number of hydrogen-bond acceptors (Lipinski definition) is 5. The third-order valence-electron chi connectivity index (χ3n) is 4.42. The summed E-state index contributed by atoms with van der Waals surface area (Å²) < 4.78 is 5.11. The van der Waals surface area contributed by atoms with E-state index in [2.05, 4.69) is 27.3 Å². The van der Waals surface area contributed by atoms with Gasteiger partial charge in [0.05, 0.1) is 13.5 Å². The molecule has 1 aliphatic heterocycles. The number of rotatable bonds is 5. The van der Waals surface area contributed by atoms with Gasteiger partial charge < -0.3 is 15.0 Å². The van der Waals surface area contributed by atoms with Crippen molar-refractivity contribution in [2.75, 3.05) is 30.4 Å². The van der Waals surface area contributed by atoms with Crippen LogP contribution in [0.5, 0.6) is 5.75 Å². The molecule has 2 aromatic rings. The Morgan fingerprint density at radius 2 is 2.04 bits per heavy atom. The van der Waals surface area contributed by atoms with Gasteiger partial charge in [0.15, 0.2) is 11.6 Å². The van der Waals surface area contributed by atoms with E-state index in [1.165, 1.54) is 12.8 Å². The first-order valence-corrected chi connectivity index (χ1v) is 8.65. The van der Waals surface area contributed by atoms with Crippen LogP contribution in [0.3, 0.4) is 0 Å². The molecule has 25 heavy (non-hydrogen) atoms. The number of nitrogens with zero attached hydrogens (tertiary/aromatic N) is 3. The summed E-state index contributed by atoms with van der Waals surface area (Å²) in [6.45, 7) is 4.29. The monoisotopic (exact) mass is 340 g/mol. The lowest BCUT2D eigenvalue weighted by atomic mass is 10.0. The van der Waals surface area contributed by atoms with Crippen molar-refractivity contribution >= 4 is 17.5 Å². The molecule has 3 rings (SSSR count). The average molecular weight is 340 g/mol. The van der Waals surface area contributed by atoms with Gasteiger partial charge in [-0.1, -0.05) is 19.1 Å². The van der Waals surface area contributed by atoms with Crippen LogP contribution in [0.4, 0.5) is 11.6 Å². The second-order valence-corrected chi connectivity index (χ2v) is 6.54. The first-order chi connectivity index (χ1) is 12.1. The van der Waals surface area contributed by atoms with Gasteiger partial charge in [-0.3, -0.25) is 4.79 Å². The Morgan fingerprint density at radius 3 is 2.68 bits per heavy atom. The number of piperidine rings is 1. The van der Waals surface area contributed by atoms with E-state index in [1.54, 1.807) is 7.11 Å². The Kier molecular flexibility index (Phi) is 5.48. The molecule has 6 heteroatoms. The van der Waals surface area contributed by atoms with Gasteiger partial charge in [-0.25, -0.2) is 0 Å². The smallest absolute Gasteiger partial charge is 0.229 e. The summed E-state index contributed by atoms with van der Waals surface area (Å²) in [5.41, 5.74) is 0.921. The van der Waals surface area contributed by atoms with Crippen LogP contribution >= 0.6 is 0 Å². The molecule has 0 bridgehead atoms. The molecule has 1 aliphatic rings. The summed E-state index contributed by atoms with van der Waals surface area (Å²) in [5.74, 6) is 2.70. The van der Waals surface area contributed by atoms with Crippen LogP contribution in [-0.2, 0) is 11.2 Å². The first-order valence-electron chi connectivity index (χ1n) is 8.65. The highest BCUT2D eigenvalue weighted by molar-refractivity contribution is 5.91. The standard InChI is InChI=1S/C19H24N4O2/c1-14-4-3-11-23(13-14)18-10-9-17(21-22-18)20-19(24)12-15-5-7-16(25-2)8-6-15/h5-10,14H,3-4,11-13H2,1-2H3,(H,20,21,24). The molecule has 2 heterocycles. The summed E-state index contributed by atoms with van der Waals surface area (Å²) in [5, 5.41) is 11.2. The van der Waals surface area contributed by atoms with E-state index in [4.69, 9.17) is 4.74 Å². The van der Waals surface area contributed by atoms with Gasteiger partial charge in [0.1, 0.15) is 5.75 Å². The SMILES string of the molecule is COc1ccc(CC(=O)Nc2ccc(N3CCCC(C)C3)nn2)cc1. The van der Waals surface area contributed by atoms with E-state index in [9.17, 15) is 4.79 Å². The van der Waals surface area contributed by atoms with Gasteiger partial charge in [-0.15, -0.1) is 10.2 Å². The zero-order valence-corrected chi connectivity index (χ0v) is 14.7. The van der Waals surface area contributed by atoms with E-state index < -0.39 is 0 Å². The first kappa shape index (κ1) is 17.2. The molecule has 1 saturated heterocycles. The summed E-state index contributed by atoms with van der Waals surface area (Å²) in [6, 6.07) is 11.2. The quantitative estimate of drug-likeness (QED) is 0.906. The van der Waals surface area contributed by atoms with Crippen molar-refractivity contribution in [1.29, 1.82) is 0 Å². The number of carbonyl (C=O) groups excluding carboxylic acids is 1. The van der Waals surface area contributed by atoms with Crippen molar-refractivity contribution in [3.63, 3.8) is 0 Å². The Morgan fingerprint density at radius 1 is 1.24 bits per heavy atom. The van der Waals surface area contributed by atoms with E-state index in [-0.39, 0.29) is 12.3 Å². The molecule has 1 fully saturated rings. The number of hydrogen-bond donors (Lipinski definition) is 1. The van der Waals surface area contributed by atoms with Crippen LogP contribution in [0.25, 0.3) is 0 Å². The highest BCUT2D eigenvalue weighted by Crippen LogP contribution is 2.21. The number of aromatic nitrogens is 2. The van der Waals surface area contributed by atoms with Crippen LogP contribution in [-0.4, -0.2) is 36.3 Å². The topological polar surface area (TPSA) is 67.3 Å². The normalized spacial score (nSPS) is 17.2. The molecule has 1 amide bonds. The molecule has 132 valence electrons. The van der Waals surface area contributed by atoms with Gasteiger partial charge in [0, 0.05) is 13.1 Å². The van der Waals surface area contributed by atoms with E-state index >= 15 is 0 Å². The van der Waals surface area contributed by atoms with E-state index in [0.717, 1.165) is 30.2 Å². The number of methoxy groups -OCH3 is 1. The second-order valence-electron chi connectivity index (χ2n) is 6.54. The fourth-order valence-corrected chi connectivity index (χ4v) is 3.07. The maximum absolute atomic E-state index is 12.1. The van der Waals surface area contributed by atoms with Crippen molar-refractivity contribution in [3.05, 3.63) is 42.0 Å². The predicted molar refractivity (Wildman–Crippen MR) is 98.0 cm³/mol. The third kappa shape index (κ3) is 4.68. The van der Waals surface area contributed by atoms with Crippen LogP contribution in [0.1, 0.15) is 25.3 Å². The maximum atomic E-state index is 12.1. The molecule has 1 unspecified atom stereocenters. The number of carbonyl (C=O) groups is 1. The highest BCUT2D eigenvalue weighted by atomic mass is 16.5. The van der Waals surface area contributed by atoms with Gasteiger partial charge in [0.2, 0.25) is 5.91 Å². The fourth-order valence-electron chi connectivity index (χ4n) is 3.07. The minimum atomic E-state index is -0.112. The van der Waals surface area contributed by atoms with Gasteiger partial charge in [0.25, 0.3) is 0 Å². The Labute approximate surface area is 148 Å². The number of anilines is 2. The lowest BCUT2D eigenvalue weighted by Crippen LogP contribution is -2.34. The molecule has 0 aliphatic carbocycles. The third-order valence-corrected chi connectivity index (χ3v) is 4.42. The Hall–Kier alpha value is -2.63. The molecule has 1 atom stereocenters. The number of benzene rings is 1. The van der Waals surface area contributed by atoms with Crippen molar-refractivity contribution < 1.29 is 9.53 Å². The Balaban J connectivity index is 1.56. The Bertz CT molecular complexity index is 700. The number of nitrogens with one attached hydrogen (secondary N) is 1. The zero-order valence-electron chi connectivity index (χ0n) is 14.7. The minimum absolute atomic E-state index is 0.112. The lowest BCUT2D eigenvalue weighted by molar-refractivity contribution is -0.115. The summed E-state index contributed by atoms with van der Waals surface area (Å²) >= 11 is 0. The molecule has 1 aromatic carbocycles. The van der Waals surface area contributed by atoms with Gasteiger partial charge in [-0.05, 0) is 48.6 Å². The van der Waals surface area contributed by atoms with Crippen molar-refractivity contribution in [3.8, 4) is 5.75 Å². The van der Waals surface area contributed by atoms with Gasteiger partial charge >= 0.3 is 0 Å². The summed E-state index contributed by atoms with van der Waals surface area (Å²) in [6.07, 6.45) is 2.74. The number of amides is 1. The molecule has 0 radical (unpaired) electrons. The van der Waals surface area contributed by atoms with Crippen LogP contribution < -0.4 is 15.0 Å². The summed E-state index contributed by atoms with van der Waals surface area (Å²) in [7, 11) is 1.62. The van der Waals surface area contributed by atoms with Crippen molar-refractivity contribution in [2.24, 2.45) is 5.92 Å². The molecule has 6 nitrogen and oxygen atoms in total. The molecule has 0 spiro atoms.